The van der Waals surface area contributed by atoms with Crippen LogP contribution >= 0.6 is 0 Å². The molecule has 0 nitrogen and oxygen atoms in total. The summed E-state index contributed by atoms with van der Waals surface area (Å²) in [5.74, 6) is 3.10. The molecule has 0 heteroatoms. The van der Waals surface area contributed by atoms with Gasteiger partial charge in [0, 0.05) is 0 Å². The molecule has 2 aliphatic rings. The molecule has 2 saturated carbocycles. The molecule has 2 aliphatic carbocycles. The zero-order valence-corrected chi connectivity index (χ0v) is 12.6. The van der Waals surface area contributed by atoms with E-state index in [0.717, 1.165) is 17.8 Å². The Balaban J connectivity index is 1.84. The summed E-state index contributed by atoms with van der Waals surface area (Å²) in [5.41, 5.74) is 0.507. The Morgan fingerprint density at radius 1 is 1.00 bits per heavy atom. The first-order valence-electron chi connectivity index (χ1n) is 8.32. The first-order chi connectivity index (χ1) is 8.69. The molecule has 0 atom stereocenters. The molecule has 0 N–H and O–H groups in total. The number of rotatable bonds is 4. The van der Waals surface area contributed by atoms with Crippen LogP contribution in [-0.2, 0) is 0 Å². The van der Waals surface area contributed by atoms with Crippen molar-refractivity contribution in [3.63, 3.8) is 0 Å². The largest absolute Gasteiger partial charge is 0.103 e. The Bertz CT molecular complexity index is 249. The van der Waals surface area contributed by atoms with E-state index in [1.165, 1.54) is 64.2 Å². The normalized spacial score (nSPS) is 41.6. The van der Waals surface area contributed by atoms with E-state index < -0.39 is 0 Å². The average molecular weight is 248 g/mol. The van der Waals surface area contributed by atoms with Crippen molar-refractivity contribution in [2.75, 3.05) is 0 Å². The summed E-state index contributed by atoms with van der Waals surface area (Å²) < 4.78 is 0. The van der Waals surface area contributed by atoms with Gasteiger partial charge in [0.15, 0.2) is 0 Å². The first kappa shape index (κ1) is 14.2. The van der Waals surface area contributed by atoms with Crippen LogP contribution in [0.5, 0.6) is 0 Å². The van der Waals surface area contributed by atoms with Gasteiger partial charge in [-0.05, 0) is 68.1 Å². The fraction of sp³-hybridized carbons (Fsp3) is 0.889. The Morgan fingerprint density at radius 3 is 2.06 bits per heavy atom. The van der Waals surface area contributed by atoms with Crippen LogP contribution in [0.1, 0.15) is 78.1 Å². The fourth-order valence-corrected chi connectivity index (χ4v) is 4.50. The van der Waals surface area contributed by atoms with Crippen molar-refractivity contribution in [1.82, 2.24) is 0 Å². The quantitative estimate of drug-likeness (QED) is 0.537. The molecule has 0 radical (unpaired) electrons. The predicted octanol–water partition coefficient (Wildman–Crippen LogP) is 5.98. The number of hydrogen-bond acceptors (Lipinski definition) is 0. The number of hydrogen-bond donors (Lipinski definition) is 0. The lowest BCUT2D eigenvalue weighted by molar-refractivity contribution is 0.116. The lowest BCUT2D eigenvalue weighted by atomic mass is 9.63. The van der Waals surface area contributed by atoms with E-state index in [0.29, 0.717) is 5.41 Å². The van der Waals surface area contributed by atoms with E-state index in [2.05, 4.69) is 26.5 Å². The molecule has 0 aromatic rings. The van der Waals surface area contributed by atoms with E-state index in [4.69, 9.17) is 0 Å². The second kappa shape index (κ2) is 6.26. The van der Waals surface area contributed by atoms with Crippen LogP contribution in [-0.4, -0.2) is 0 Å². The minimum Gasteiger partial charge on any atom is -0.103 e. The average Bonchev–Trinajstić information content (AvgIpc) is 2.41. The first-order valence-corrected chi connectivity index (χ1v) is 8.32. The highest BCUT2D eigenvalue weighted by atomic mass is 14.4. The van der Waals surface area contributed by atoms with Gasteiger partial charge in [-0.15, -0.1) is 6.58 Å². The minimum absolute atomic E-state index is 0.507. The summed E-state index contributed by atoms with van der Waals surface area (Å²) in [6.07, 6.45) is 16.8. The van der Waals surface area contributed by atoms with Crippen molar-refractivity contribution in [3.8, 4) is 0 Å². The predicted molar refractivity (Wildman–Crippen MR) is 80.6 cm³/mol. The molecule has 2 rings (SSSR count). The SMILES string of the molecule is C=CC1(CCC)CCC(C2CCC(C)CC2)CC1. The minimum atomic E-state index is 0.507. The Hall–Kier alpha value is -0.260. The molecule has 2 fully saturated rings. The van der Waals surface area contributed by atoms with Crippen molar-refractivity contribution in [1.29, 1.82) is 0 Å². The second-order valence-electron chi connectivity index (χ2n) is 7.17. The molecule has 18 heavy (non-hydrogen) atoms. The van der Waals surface area contributed by atoms with Gasteiger partial charge >= 0.3 is 0 Å². The highest BCUT2D eigenvalue weighted by Crippen LogP contribution is 2.48. The molecule has 0 aliphatic heterocycles. The highest BCUT2D eigenvalue weighted by Gasteiger charge is 2.35. The van der Waals surface area contributed by atoms with E-state index in [1.807, 2.05) is 0 Å². The molecule has 0 aromatic carbocycles. The lowest BCUT2D eigenvalue weighted by Crippen LogP contribution is -2.30. The van der Waals surface area contributed by atoms with Gasteiger partial charge in [0.1, 0.15) is 0 Å². The molecule has 0 aromatic heterocycles. The van der Waals surface area contributed by atoms with Gasteiger partial charge in [0.2, 0.25) is 0 Å². The molecular weight excluding hydrogens is 216 g/mol. The molecule has 0 unspecified atom stereocenters. The lowest BCUT2D eigenvalue weighted by Gasteiger charge is -2.42. The van der Waals surface area contributed by atoms with E-state index >= 15 is 0 Å². The molecule has 0 saturated heterocycles. The summed E-state index contributed by atoms with van der Waals surface area (Å²) in [4.78, 5) is 0. The highest BCUT2D eigenvalue weighted by molar-refractivity contribution is 4.98. The molecule has 0 heterocycles. The standard InChI is InChI=1S/C18H32/c1-4-12-18(5-2)13-10-17(11-14-18)16-8-6-15(3)7-9-16/h5,15-17H,2,4,6-14H2,1,3H3. The van der Waals surface area contributed by atoms with Crippen LogP contribution in [0.2, 0.25) is 0 Å². The summed E-state index contributed by atoms with van der Waals surface area (Å²) in [5, 5.41) is 0. The van der Waals surface area contributed by atoms with E-state index in [-0.39, 0.29) is 0 Å². The fourth-order valence-electron chi connectivity index (χ4n) is 4.50. The van der Waals surface area contributed by atoms with Crippen LogP contribution in [0, 0.1) is 23.2 Å². The van der Waals surface area contributed by atoms with E-state index in [9.17, 15) is 0 Å². The summed E-state index contributed by atoms with van der Waals surface area (Å²) >= 11 is 0. The van der Waals surface area contributed by atoms with Crippen molar-refractivity contribution < 1.29 is 0 Å². The molecule has 0 spiro atoms. The second-order valence-corrected chi connectivity index (χ2v) is 7.17. The van der Waals surface area contributed by atoms with Gasteiger partial charge in [0.25, 0.3) is 0 Å². The third-order valence-electron chi connectivity index (χ3n) is 5.93. The van der Waals surface area contributed by atoms with Crippen LogP contribution < -0.4 is 0 Å². The van der Waals surface area contributed by atoms with Crippen molar-refractivity contribution >= 4 is 0 Å². The Morgan fingerprint density at radius 2 is 1.56 bits per heavy atom. The smallest absolute Gasteiger partial charge is 0.0121 e. The van der Waals surface area contributed by atoms with Gasteiger partial charge in [-0.1, -0.05) is 39.2 Å². The van der Waals surface area contributed by atoms with Crippen LogP contribution in [0.4, 0.5) is 0 Å². The molecular formula is C18H32. The van der Waals surface area contributed by atoms with Crippen molar-refractivity contribution in [3.05, 3.63) is 12.7 Å². The number of allylic oxidation sites excluding steroid dienone is 1. The third-order valence-corrected chi connectivity index (χ3v) is 5.93. The van der Waals surface area contributed by atoms with Crippen molar-refractivity contribution in [2.45, 2.75) is 78.1 Å². The van der Waals surface area contributed by atoms with Crippen molar-refractivity contribution in [2.24, 2.45) is 23.2 Å². The van der Waals surface area contributed by atoms with Crippen LogP contribution in [0.15, 0.2) is 12.7 Å². The topological polar surface area (TPSA) is 0 Å². The van der Waals surface area contributed by atoms with Crippen LogP contribution in [0.3, 0.4) is 0 Å². The van der Waals surface area contributed by atoms with Gasteiger partial charge in [0.05, 0.1) is 0 Å². The van der Waals surface area contributed by atoms with Gasteiger partial charge < -0.3 is 0 Å². The maximum absolute atomic E-state index is 4.12. The third kappa shape index (κ3) is 3.19. The Labute approximate surface area is 114 Å². The van der Waals surface area contributed by atoms with Gasteiger partial charge in [-0.25, -0.2) is 0 Å². The molecule has 0 bridgehead atoms. The zero-order valence-electron chi connectivity index (χ0n) is 12.6. The molecule has 0 amide bonds. The molecule has 104 valence electrons. The summed E-state index contributed by atoms with van der Waals surface area (Å²) in [7, 11) is 0. The van der Waals surface area contributed by atoms with Gasteiger partial charge in [-0.2, -0.15) is 0 Å². The van der Waals surface area contributed by atoms with Gasteiger partial charge in [-0.3, -0.25) is 0 Å². The summed E-state index contributed by atoms with van der Waals surface area (Å²) in [6.45, 7) is 8.87. The zero-order chi connectivity index (χ0) is 13.0. The summed E-state index contributed by atoms with van der Waals surface area (Å²) in [6, 6.07) is 0. The van der Waals surface area contributed by atoms with Crippen LogP contribution in [0.25, 0.3) is 0 Å². The van der Waals surface area contributed by atoms with E-state index in [1.54, 1.807) is 0 Å². The Kier molecular flexibility index (Phi) is 4.92. The monoisotopic (exact) mass is 248 g/mol. The maximum atomic E-state index is 4.12. The maximum Gasteiger partial charge on any atom is -0.0121 e.